The first-order valence-corrected chi connectivity index (χ1v) is 17.6. The van der Waals surface area contributed by atoms with Gasteiger partial charge in [0, 0.05) is 18.8 Å². The molecule has 256 valence electrons. The van der Waals surface area contributed by atoms with E-state index in [1.807, 2.05) is 42.5 Å². The molecule has 4 aromatic rings. The van der Waals surface area contributed by atoms with Crippen molar-refractivity contribution in [1.29, 1.82) is 0 Å². The Kier molecular flexibility index (Phi) is 12.0. The van der Waals surface area contributed by atoms with E-state index in [0.717, 1.165) is 43.4 Å². The van der Waals surface area contributed by atoms with Gasteiger partial charge in [-0.2, -0.15) is 0 Å². The molecule has 0 unspecified atom stereocenters. The molecular formula is C38H40FN3O6S. The number of nitrogens with one attached hydrogen (secondary N) is 2. The lowest BCUT2D eigenvalue weighted by molar-refractivity contribution is -0.143. The summed E-state index contributed by atoms with van der Waals surface area (Å²) in [6.45, 7) is 0.177. The third-order valence-electron chi connectivity index (χ3n) is 8.23. The first kappa shape index (κ1) is 35.2. The molecule has 49 heavy (non-hydrogen) atoms. The highest BCUT2D eigenvalue weighted by atomic mass is 32.2. The van der Waals surface area contributed by atoms with Gasteiger partial charge in [-0.25, -0.2) is 12.8 Å². The van der Waals surface area contributed by atoms with Gasteiger partial charge in [-0.3, -0.25) is 14.3 Å². The molecule has 0 aromatic heterocycles. The SMILES string of the molecule is COc1ccc(CN(C(=O)COc2ccc(S(=O)(=O)Nc3ccc(F)cc3)cc2)[C@H](C(=O)NCCC2=CCCCC2)c2ccccc2)cc1. The summed E-state index contributed by atoms with van der Waals surface area (Å²) in [4.78, 5) is 29.4. The maximum Gasteiger partial charge on any atom is 0.261 e. The predicted molar refractivity (Wildman–Crippen MR) is 186 cm³/mol. The fourth-order valence-corrected chi connectivity index (χ4v) is 6.67. The van der Waals surface area contributed by atoms with Crippen molar-refractivity contribution in [3.8, 4) is 11.5 Å². The Labute approximate surface area is 286 Å². The molecule has 2 amide bonds. The van der Waals surface area contributed by atoms with Crippen LogP contribution in [0.1, 0.15) is 49.3 Å². The van der Waals surface area contributed by atoms with Crippen LogP contribution < -0.4 is 19.5 Å². The minimum atomic E-state index is -3.95. The van der Waals surface area contributed by atoms with Crippen molar-refractivity contribution in [2.24, 2.45) is 0 Å². The molecular weight excluding hydrogens is 645 g/mol. The maximum atomic E-state index is 14.0. The maximum absolute atomic E-state index is 14.0. The fourth-order valence-electron chi connectivity index (χ4n) is 5.61. The number of ether oxygens (including phenoxy) is 2. The van der Waals surface area contributed by atoms with E-state index in [1.54, 1.807) is 19.2 Å². The van der Waals surface area contributed by atoms with Crippen LogP contribution in [0.15, 0.2) is 120 Å². The highest BCUT2D eigenvalue weighted by Crippen LogP contribution is 2.26. The second-order valence-electron chi connectivity index (χ2n) is 11.7. The van der Waals surface area contributed by atoms with Crippen molar-refractivity contribution in [2.75, 3.05) is 25.0 Å². The quantitative estimate of drug-likeness (QED) is 0.133. The molecule has 0 heterocycles. The number of benzene rings is 4. The molecule has 1 aliphatic rings. The van der Waals surface area contributed by atoms with Crippen LogP contribution in [-0.2, 0) is 26.2 Å². The lowest BCUT2D eigenvalue weighted by Gasteiger charge is -2.31. The van der Waals surface area contributed by atoms with E-state index in [-0.39, 0.29) is 28.8 Å². The van der Waals surface area contributed by atoms with Crippen LogP contribution in [0.5, 0.6) is 11.5 Å². The molecule has 0 radical (unpaired) electrons. The number of methoxy groups -OCH3 is 1. The van der Waals surface area contributed by atoms with E-state index >= 15 is 0 Å². The average molecular weight is 686 g/mol. The Hall–Kier alpha value is -5.16. The summed E-state index contributed by atoms with van der Waals surface area (Å²) < 4.78 is 52.5. The van der Waals surface area contributed by atoms with Gasteiger partial charge in [0.25, 0.3) is 15.9 Å². The van der Waals surface area contributed by atoms with Crippen LogP contribution in [0.3, 0.4) is 0 Å². The van der Waals surface area contributed by atoms with Gasteiger partial charge in [0.1, 0.15) is 23.4 Å². The van der Waals surface area contributed by atoms with Crippen LogP contribution in [0.4, 0.5) is 10.1 Å². The number of allylic oxidation sites excluding steroid dienone is 1. The second-order valence-corrected chi connectivity index (χ2v) is 13.4. The highest BCUT2D eigenvalue weighted by molar-refractivity contribution is 7.92. The Morgan fingerprint density at radius 1 is 0.878 bits per heavy atom. The smallest absolute Gasteiger partial charge is 0.261 e. The summed E-state index contributed by atoms with van der Waals surface area (Å²) in [6.07, 6.45) is 7.45. The molecule has 1 atom stereocenters. The zero-order chi connectivity index (χ0) is 34.6. The number of amides is 2. The summed E-state index contributed by atoms with van der Waals surface area (Å²) >= 11 is 0. The van der Waals surface area contributed by atoms with Crippen LogP contribution >= 0.6 is 0 Å². The monoisotopic (exact) mass is 685 g/mol. The summed E-state index contributed by atoms with van der Waals surface area (Å²) in [6, 6.07) is 26.0. The Morgan fingerprint density at radius 3 is 2.22 bits per heavy atom. The Balaban J connectivity index is 1.33. The van der Waals surface area contributed by atoms with Crippen LogP contribution in [0.25, 0.3) is 0 Å². The Bertz CT molecular complexity index is 1830. The van der Waals surface area contributed by atoms with Crippen molar-refractivity contribution in [1.82, 2.24) is 10.2 Å². The molecule has 0 saturated heterocycles. The number of halogens is 1. The number of hydrogen-bond acceptors (Lipinski definition) is 6. The zero-order valence-electron chi connectivity index (χ0n) is 27.3. The van der Waals surface area contributed by atoms with Gasteiger partial charge in [0.2, 0.25) is 5.91 Å². The molecule has 1 aliphatic carbocycles. The number of carbonyl (C=O) groups excluding carboxylic acids is 2. The number of carbonyl (C=O) groups is 2. The first-order valence-electron chi connectivity index (χ1n) is 16.2. The number of hydrogen-bond donors (Lipinski definition) is 2. The van der Waals surface area contributed by atoms with Crippen LogP contribution in [0, 0.1) is 5.82 Å². The molecule has 5 rings (SSSR count). The van der Waals surface area contributed by atoms with E-state index in [9.17, 15) is 22.4 Å². The molecule has 4 aromatic carbocycles. The van der Waals surface area contributed by atoms with Crippen molar-refractivity contribution in [3.05, 3.63) is 132 Å². The van der Waals surface area contributed by atoms with Gasteiger partial charge in [-0.15, -0.1) is 0 Å². The molecule has 2 N–H and O–H groups in total. The molecule has 0 spiro atoms. The summed E-state index contributed by atoms with van der Waals surface area (Å²) in [5.74, 6) is -0.292. The average Bonchev–Trinajstić information content (AvgIpc) is 3.12. The van der Waals surface area contributed by atoms with Gasteiger partial charge in [-0.1, -0.05) is 54.1 Å². The highest BCUT2D eigenvalue weighted by Gasteiger charge is 2.32. The fraction of sp³-hybridized carbons (Fsp3) is 0.263. The van der Waals surface area contributed by atoms with Crippen molar-refractivity contribution in [3.63, 3.8) is 0 Å². The van der Waals surface area contributed by atoms with E-state index < -0.39 is 34.4 Å². The van der Waals surface area contributed by atoms with Crippen molar-refractivity contribution < 1.29 is 31.9 Å². The largest absolute Gasteiger partial charge is 0.497 e. The molecule has 0 aliphatic heterocycles. The number of anilines is 1. The Morgan fingerprint density at radius 2 is 1.57 bits per heavy atom. The third kappa shape index (κ3) is 9.93. The lowest BCUT2D eigenvalue weighted by atomic mass is 9.97. The zero-order valence-corrected chi connectivity index (χ0v) is 28.1. The summed E-state index contributed by atoms with van der Waals surface area (Å²) in [7, 11) is -2.38. The standard InChI is InChI=1S/C38H40FN3O6S/c1-47-33-18-12-29(13-19-33)26-42(37(30-10-6-3-7-11-30)38(44)40-25-24-28-8-4-2-5-9-28)36(43)27-48-34-20-22-35(23-21-34)49(45,46)41-32-16-14-31(39)15-17-32/h3,6-8,10-23,37,41H,2,4-5,9,24-27H2,1H3,(H,40,44)/t37-/m0/s1. The topological polar surface area (TPSA) is 114 Å². The van der Waals surface area contributed by atoms with Crippen molar-refractivity contribution in [2.45, 2.75) is 49.6 Å². The molecule has 0 fully saturated rings. The molecule has 11 heteroatoms. The third-order valence-corrected chi connectivity index (χ3v) is 9.63. The lowest BCUT2D eigenvalue weighted by Crippen LogP contribution is -2.45. The number of sulfonamides is 1. The van der Waals surface area contributed by atoms with Gasteiger partial charge in [0.05, 0.1) is 12.0 Å². The van der Waals surface area contributed by atoms with Crippen molar-refractivity contribution >= 4 is 27.5 Å². The molecule has 0 bridgehead atoms. The predicted octanol–water partition coefficient (Wildman–Crippen LogP) is 6.79. The molecule has 0 saturated carbocycles. The van der Waals surface area contributed by atoms with Gasteiger partial charge in [0.15, 0.2) is 6.61 Å². The van der Waals surface area contributed by atoms with E-state index in [2.05, 4.69) is 16.1 Å². The van der Waals surface area contributed by atoms with E-state index in [0.29, 0.717) is 17.9 Å². The second kappa shape index (κ2) is 16.8. The molecule has 9 nitrogen and oxygen atoms in total. The normalized spacial score (nSPS) is 13.5. The van der Waals surface area contributed by atoms with Gasteiger partial charge >= 0.3 is 0 Å². The summed E-state index contributed by atoms with van der Waals surface area (Å²) in [5.41, 5.74) is 3.00. The van der Waals surface area contributed by atoms with E-state index in [4.69, 9.17) is 9.47 Å². The van der Waals surface area contributed by atoms with Gasteiger partial charge < -0.3 is 19.7 Å². The first-order chi connectivity index (χ1) is 23.7. The van der Waals surface area contributed by atoms with Gasteiger partial charge in [-0.05, 0) is 104 Å². The summed E-state index contributed by atoms with van der Waals surface area (Å²) in [5, 5.41) is 3.07. The van der Waals surface area contributed by atoms with Crippen LogP contribution in [0.2, 0.25) is 0 Å². The minimum Gasteiger partial charge on any atom is -0.497 e. The minimum absolute atomic E-state index is 0.0403. The number of rotatable bonds is 15. The van der Waals surface area contributed by atoms with Crippen LogP contribution in [-0.4, -0.2) is 45.4 Å². The number of nitrogens with zero attached hydrogens (tertiary/aromatic N) is 1. The van der Waals surface area contributed by atoms with E-state index in [1.165, 1.54) is 53.3 Å².